The van der Waals surface area contributed by atoms with E-state index in [9.17, 15) is 9.59 Å². The first-order chi connectivity index (χ1) is 13.7. The molecule has 0 spiro atoms. The average molecular weight is 400 g/mol. The van der Waals surface area contributed by atoms with Crippen molar-refractivity contribution in [2.24, 2.45) is 5.92 Å². The maximum atomic E-state index is 13.0. The molecule has 0 bridgehead atoms. The average Bonchev–Trinajstić information content (AvgIpc) is 3.19. The number of carbonyl (C=O) groups is 2. The molecule has 1 aromatic heterocycles. The van der Waals surface area contributed by atoms with Gasteiger partial charge in [0.2, 0.25) is 5.91 Å². The summed E-state index contributed by atoms with van der Waals surface area (Å²) in [7, 11) is 3.94. The summed E-state index contributed by atoms with van der Waals surface area (Å²) in [6.45, 7) is 8.55. The number of carbonyl (C=O) groups excluding carboxylic acids is 2. The van der Waals surface area contributed by atoms with Crippen LogP contribution in [0.15, 0.2) is 41.0 Å². The van der Waals surface area contributed by atoms with Crippen LogP contribution in [0.3, 0.4) is 0 Å². The van der Waals surface area contributed by atoms with Gasteiger partial charge in [-0.2, -0.15) is 0 Å². The molecule has 6 heteroatoms. The van der Waals surface area contributed by atoms with E-state index in [1.54, 1.807) is 12.1 Å². The Bertz CT molecular complexity index is 813. The van der Waals surface area contributed by atoms with E-state index < -0.39 is 0 Å². The van der Waals surface area contributed by atoms with Gasteiger partial charge in [0.1, 0.15) is 0 Å². The third-order valence-corrected chi connectivity index (χ3v) is 4.90. The molecule has 0 aliphatic heterocycles. The van der Waals surface area contributed by atoms with Crippen LogP contribution in [0.5, 0.6) is 0 Å². The van der Waals surface area contributed by atoms with Gasteiger partial charge in [0.25, 0.3) is 5.91 Å². The SMILES string of the molecule is CC[C@@H](C)N(Cc1cc(NC(=O)CC(C)C)ccc1N(C)C)C(=O)c1ccco1. The van der Waals surface area contributed by atoms with Crippen molar-refractivity contribution in [3.63, 3.8) is 0 Å². The second-order valence-corrected chi connectivity index (χ2v) is 8.05. The third kappa shape index (κ3) is 6.11. The van der Waals surface area contributed by atoms with Crippen molar-refractivity contribution in [1.82, 2.24) is 4.90 Å². The largest absolute Gasteiger partial charge is 0.459 e. The van der Waals surface area contributed by atoms with Gasteiger partial charge in [-0.15, -0.1) is 0 Å². The van der Waals surface area contributed by atoms with E-state index >= 15 is 0 Å². The Morgan fingerprint density at radius 2 is 1.86 bits per heavy atom. The number of anilines is 2. The fourth-order valence-electron chi connectivity index (χ4n) is 3.18. The summed E-state index contributed by atoms with van der Waals surface area (Å²) in [6.07, 6.45) is 2.81. The Morgan fingerprint density at radius 3 is 2.41 bits per heavy atom. The molecule has 0 aliphatic carbocycles. The van der Waals surface area contributed by atoms with Crippen molar-refractivity contribution >= 4 is 23.2 Å². The lowest BCUT2D eigenvalue weighted by Crippen LogP contribution is -2.38. The van der Waals surface area contributed by atoms with E-state index in [-0.39, 0.29) is 17.9 Å². The van der Waals surface area contributed by atoms with Gasteiger partial charge in [0.05, 0.1) is 6.26 Å². The molecule has 6 nitrogen and oxygen atoms in total. The molecular weight excluding hydrogens is 366 g/mol. The fraction of sp³-hybridized carbons (Fsp3) is 0.478. The number of rotatable bonds is 9. The molecule has 2 rings (SSSR count). The van der Waals surface area contributed by atoms with E-state index in [4.69, 9.17) is 4.42 Å². The molecule has 29 heavy (non-hydrogen) atoms. The van der Waals surface area contributed by atoms with Gasteiger partial charge in [-0.05, 0) is 55.2 Å². The van der Waals surface area contributed by atoms with Crippen LogP contribution >= 0.6 is 0 Å². The van der Waals surface area contributed by atoms with Gasteiger partial charge in [-0.3, -0.25) is 9.59 Å². The Labute approximate surface area is 173 Å². The Kier molecular flexibility index (Phi) is 7.88. The first-order valence-corrected chi connectivity index (χ1v) is 10.2. The lowest BCUT2D eigenvalue weighted by molar-refractivity contribution is -0.116. The van der Waals surface area contributed by atoms with Crippen LogP contribution in [0.1, 0.15) is 56.7 Å². The van der Waals surface area contributed by atoms with Crippen LogP contribution in [0, 0.1) is 5.92 Å². The molecule has 0 unspecified atom stereocenters. The normalized spacial score (nSPS) is 12.0. The van der Waals surface area contributed by atoms with E-state index in [0.29, 0.717) is 24.6 Å². The minimum Gasteiger partial charge on any atom is -0.459 e. The topological polar surface area (TPSA) is 65.8 Å². The highest BCUT2D eigenvalue weighted by Crippen LogP contribution is 2.26. The lowest BCUT2D eigenvalue weighted by Gasteiger charge is -2.30. The predicted octanol–water partition coefficient (Wildman–Crippen LogP) is 4.77. The van der Waals surface area contributed by atoms with Gasteiger partial charge in [0.15, 0.2) is 5.76 Å². The van der Waals surface area contributed by atoms with Gasteiger partial charge in [-0.1, -0.05) is 20.8 Å². The standard InChI is InChI=1S/C23H33N3O3/c1-7-17(4)26(23(28)21-9-8-12-29-21)15-18-14-19(10-11-20(18)25(5)6)24-22(27)13-16(2)3/h8-12,14,16-17H,7,13,15H2,1-6H3,(H,24,27)/t17-/m1/s1. The molecule has 2 amide bonds. The minimum atomic E-state index is -0.136. The van der Waals surface area contributed by atoms with E-state index in [0.717, 1.165) is 23.4 Å². The van der Waals surface area contributed by atoms with Crippen LogP contribution in [0.2, 0.25) is 0 Å². The molecule has 1 aromatic carbocycles. The van der Waals surface area contributed by atoms with Crippen LogP contribution in [0.4, 0.5) is 11.4 Å². The number of nitrogens with one attached hydrogen (secondary N) is 1. The van der Waals surface area contributed by atoms with Gasteiger partial charge >= 0.3 is 0 Å². The lowest BCUT2D eigenvalue weighted by atomic mass is 10.1. The highest BCUT2D eigenvalue weighted by Gasteiger charge is 2.24. The molecule has 158 valence electrons. The van der Waals surface area contributed by atoms with Crippen LogP contribution in [-0.4, -0.2) is 36.9 Å². The number of nitrogens with zero attached hydrogens (tertiary/aromatic N) is 2. The second-order valence-electron chi connectivity index (χ2n) is 8.05. The van der Waals surface area contributed by atoms with Crippen molar-refractivity contribution in [2.45, 2.75) is 53.1 Å². The molecule has 1 atom stereocenters. The zero-order valence-electron chi connectivity index (χ0n) is 18.4. The predicted molar refractivity (Wildman–Crippen MR) is 117 cm³/mol. The Hall–Kier alpha value is -2.76. The molecule has 0 saturated heterocycles. The quantitative estimate of drug-likeness (QED) is 0.659. The van der Waals surface area contributed by atoms with Gasteiger partial charge < -0.3 is 19.5 Å². The summed E-state index contributed by atoms with van der Waals surface area (Å²) < 4.78 is 5.34. The number of hydrogen-bond acceptors (Lipinski definition) is 4. The third-order valence-electron chi connectivity index (χ3n) is 4.90. The van der Waals surface area contributed by atoms with Crippen molar-refractivity contribution in [3.05, 3.63) is 47.9 Å². The maximum Gasteiger partial charge on any atom is 0.290 e. The number of benzene rings is 1. The first kappa shape index (κ1) is 22.5. The molecular formula is C23H33N3O3. The summed E-state index contributed by atoms with van der Waals surface area (Å²) in [5.41, 5.74) is 2.72. The first-order valence-electron chi connectivity index (χ1n) is 10.2. The van der Waals surface area contributed by atoms with E-state index in [1.807, 2.05) is 62.9 Å². The monoisotopic (exact) mass is 399 g/mol. The molecule has 0 radical (unpaired) electrons. The summed E-state index contributed by atoms with van der Waals surface area (Å²) in [6, 6.07) is 9.29. The molecule has 0 fully saturated rings. The van der Waals surface area contributed by atoms with Crippen molar-refractivity contribution in [2.75, 3.05) is 24.3 Å². The molecule has 0 aliphatic rings. The summed E-state index contributed by atoms with van der Waals surface area (Å²) in [5.74, 6) is 0.484. The molecule has 2 aromatic rings. The summed E-state index contributed by atoms with van der Waals surface area (Å²) in [4.78, 5) is 29.1. The molecule has 0 saturated carbocycles. The second kappa shape index (κ2) is 10.1. The zero-order chi connectivity index (χ0) is 21.6. The minimum absolute atomic E-state index is 0.00556. The molecule has 1 heterocycles. The van der Waals surface area contributed by atoms with Crippen molar-refractivity contribution in [3.8, 4) is 0 Å². The summed E-state index contributed by atoms with van der Waals surface area (Å²) >= 11 is 0. The Balaban J connectivity index is 2.34. The Morgan fingerprint density at radius 1 is 1.14 bits per heavy atom. The van der Waals surface area contributed by atoms with Crippen molar-refractivity contribution in [1.29, 1.82) is 0 Å². The highest BCUT2D eigenvalue weighted by atomic mass is 16.3. The van der Waals surface area contributed by atoms with E-state index in [2.05, 4.69) is 12.2 Å². The highest BCUT2D eigenvalue weighted by molar-refractivity contribution is 5.92. The number of hydrogen-bond donors (Lipinski definition) is 1. The van der Waals surface area contributed by atoms with Crippen LogP contribution < -0.4 is 10.2 Å². The van der Waals surface area contributed by atoms with Crippen LogP contribution in [0.25, 0.3) is 0 Å². The van der Waals surface area contributed by atoms with Crippen molar-refractivity contribution < 1.29 is 14.0 Å². The van der Waals surface area contributed by atoms with Crippen LogP contribution in [-0.2, 0) is 11.3 Å². The van der Waals surface area contributed by atoms with E-state index in [1.165, 1.54) is 6.26 Å². The number of furan rings is 1. The number of amides is 2. The summed E-state index contributed by atoms with van der Waals surface area (Å²) in [5, 5.41) is 2.97. The van der Waals surface area contributed by atoms with Gasteiger partial charge in [-0.25, -0.2) is 0 Å². The maximum absolute atomic E-state index is 13.0. The van der Waals surface area contributed by atoms with Gasteiger partial charge in [0, 0.05) is 44.5 Å². The molecule has 1 N–H and O–H groups in total. The zero-order valence-corrected chi connectivity index (χ0v) is 18.4. The smallest absolute Gasteiger partial charge is 0.290 e. The fourth-order valence-corrected chi connectivity index (χ4v) is 3.18.